The van der Waals surface area contributed by atoms with Gasteiger partial charge in [-0.2, -0.15) is 0 Å². The summed E-state index contributed by atoms with van der Waals surface area (Å²) in [4.78, 5) is 0. The van der Waals surface area contributed by atoms with Crippen LogP contribution in [0.25, 0.3) is 0 Å². The summed E-state index contributed by atoms with van der Waals surface area (Å²) in [5, 5.41) is 2.06. The predicted molar refractivity (Wildman–Crippen MR) is 113 cm³/mol. The lowest BCUT2D eigenvalue weighted by atomic mass is 10.3. The zero-order chi connectivity index (χ0) is 18.4. The minimum absolute atomic E-state index is 0.787. The molecule has 132 valence electrons. The molecule has 0 saturated carbocycles. The smallest absolute Gasteiger partial charge is 0.299 e. The highest BCUT2D eigenvalue weighted by molar-refractivity contribution is 7.81. The maximum absolute atomic E-state index is 6.67. The molecule has 0 atom stereocenters. The highest BCUT2D eigenvalue weighted by atomic mass is 31.2. The van der Waals surface area contributed by atoms with Crippen molar-refractivity contribution in [3.8, 4) is 11.5 Å². The first-order valence-corrected chi connectivity index (χ1v) is 10.5. The standard InChI is InChI=1S/C24H20O2P/c1-5-13-21(14-6-1)25-27(23-17-9-3-10-18-23,24-19-11-4-12-20-24)26-22-15-7-2-8-16-22/h1-20H/q+1. The van der Waals surface area contributed by atoms with Gasteiger partial charge >= 0.3 is 7.72 Å². The first kappa shape index (κ1) is 17.3. The largest absolute Gasteiger partial charge is 0.428 e. The molecule has 27 heavy (non-hydrogen) atoms. The van der Waals surface area contributed by atoms with E-state index in [9.17, 15) is 0 Å². The van der Waals surface area contributed by atoms with Gasteiger partial charge in [0.25, 0.3) is 0 Å². The minimum Gasteiger partial charge on any atom is -0.299 e. The summed E-state index contributed by atoms with van der Waals surface area (Å²) in [5.41, 5.74) is 0. The lowest BCUT2D eigenvalue weighted by Gasteiger charge is -2.24. The molecule has 0 aliphatic rings. The van der Waals surface area contributed by atoms with Crippen molar-refractivity contribution in [2.45, 2.75) is 0 Å². The molecule has 0 heterocycles. The van der Waals surface area contributed by atoms with Gasteiger partial charge in [0.2, 0.25) is 0 Å². The summed E-state index contributed by atoms with van der Waals surface area (Å²) in [6.45, 7) is 0. The molecule has 0 fully saturated rings. The fourth-order valence-electron chi connectivity index (χ4n) is 2.89. The molecule has 0 unspecified atom stereocenters. The summed E-state index contributed by atoms with van der Waals surface area (Å²) >= 11 is 0. The van der Waals surface area contributed by atoms with Crippen molar-refractivity contribution < 1.29 is 9.05 Å². The summed E-state index contributed by atoms with van der Waals surface area (Å²) in [6.07, 6.45) is 0. The quantitative estimate of drug-likeness (QED) is 0.408. The molecular weight excluding hydrogens is 351 g/mol. The molecule has 4 rings (SSSR count). The highest BCUT2D eigenvalue weighted by Gasteiger charge is 2.51. The Morgan fingerprint density at radius 1 is 0.370 bits per heavy atom. The number of hydrogen-bond donors (Lipinski definition) is 0. The maximum Gasteiger partial charge on any atom is 0.428 e. The summed E-state index contributed by atoms with van der Waals surface area (Å²) in [6, 6.07) is 40.1. The Kier molecular flexibility index (Phi) is 5.18. The van der Waals surface area contributed by atoms with Crippen LogP contribution in [0.1, 0.15) is 0 Å². The number of rotatable bonds is 6. The van der Waals surface area contributed by atoms with Gasteiger partial charge in [-0.05, 0) is 48.5 Å². The van der Waals surface area contributed by atoms with Gasteiger partial charge in [-0.25, -0.2) is 0 Å². The van der Waals surface area contributed by atoms with Gasteiger partial charge < -0.3 is 0 Å². The van der Waals surface area contributed by atoms with Gasteiger partial charge in [-0.15, -0.1) is 0 Å². The monoisotopic (exact) mass is 371 g/mol. The Labute approximate surface area is 160 Å². The average Bonchev–Trinajstić information content (AvgIpc) is 2.76. The van der Waals surface area contributed by atoms with E-state index < -0.39 is 7.72 Å². The molecule has 0 bridgehead atoms. The third-order valence-electron chi connectivity index (χ3n) is 4.15. The Morgan fingerprint density at radius 3 is 1.00 bits per heavy atom. The van der Waals surface area contributed by atoms with E-state index in [-0.39, 0.29) is 0 Å². The molecule has 0 saturated heterocycles. The van der Waals surface area contributed by atoms with E-state index in [1.165, 1.54) is 0 Å². The molecule has 0 aliphatic carbocycles. The molecule has 2 nitrogen and oxygen atoms in total. The molecule has 4 aromatic rings. The Morgan fingerprint density at radius 2 is 0.667 bits per heavy atom. The summed E-state index contributed by atoms with van der Waals surface area (Å²) < 4.78 is 13.3. The third kappa shape index (κ3) is 3.86. The van der Waals surface area contributed by atoms with E-state index in [0.717, 1.165) is 22.1 Å². The minimum atomic E-state index is -2.64. The second kappa shape index (κ2) is 8.07. The van der Waals surface area contributed by atoms with Crippen molar-refractivity contribution in [1.29, 1.82) is 0 Å². The lowest BCUT2D eigenvalue weighted by Crippen LogP contribution is -2.30. The third-order valence-corrected chi connectivity index (χ3v) is 7.04. The van der Waals surface area contributed by atoms with Crippen LogP contribution in [0, 0.1) is 0 Å². The van der Waals surface area contributed by atoms with Crippen molar-refractivity contribution in [2.75, 3.05) is 0 Å². The van der Waals surface area contributed by atoms with E-state index in [4.69, 9.17) is 9.05 Å². The van der Waals surface area contributed by atoms with Crippen LogP contribution in [-0.4, -0.2) is 0 Å². The Bertz CT molecular complexity index is 875. The van der Waals surface area contributed by atoms with Crippen LogP contribution in [-0.2, 0) is 0 Å². The van der Waals surface area contributed by atoms with E-state index >= 15 is 0 Å². The molecule has 0 spiro atoms. The molecule has 0 radical (unpaired) electrons. The molecule has 4 aromatic carbocycles. The SMILES string of the molecule is c1ccc(O[P+](Oc2ccccc2)(c2ccccc2)c2ccccc2)cc1. The molecule has 3 heteroatoms. The van der Waals surface area contributed by atoms with Gasteiger partial charge in [-0.1, -0.05) is 72.8 Å². The first-order chi connectivity index (χ1) is 13.4. The number of benzene rings is 4. The Hall–Kier alpha value is -3.09. The van der Waals surface area contributed by atoms with Crippen molar-refractivity contribution in [2.24, 2.45) is 0 Å². The van der Waals surface area contributed by atoms with Crippen molar-refractivity contribution in [3.05, 3.63) is 121 Å². The van der Waals surface area contributed by atoms with E-state index in [0.29, 0.717) is 0 Å². The lowest BCUT2D eigenvalue weighted by molar-refractivity contribution is 0.486. The number of para-hydroxylation sites is 2. The van der Waals surface area contributed by atoms with Gasteiger partial charge in [0.15, 0.2) is 22.1 Å². The van der Waals surface area contributed by atoms with Gasteiger partial charge in [0, 0.05) is 0 Å². The van der Waals surface area contributed by atoms with Crippen LogP contribution in [0.3, 0.4) is 0 Å². The topological polar surface area (TPSA) is 18.5 Å². The summed E-state index contributed by atoms with van der Waals surface area (Å²) in [7, 11) is -2.64. The fourth-order valence-corrected chi connectivity index (χ4v) is 5.61. The normalized spacial score (nSPS) is 11.0. The fraction of sp³-hybridized carbons (Fsp3) is 0. The second-order valence-corrected chi connectivity index (χ2v) is 8.53. The molecular formula is C24H20O2P+. The van der Waals surface area contributed by atoms with Crippen molar-refractivity contribution >= 4 is 18.3 Å². The number of hydrogen-bond acceptors (Lipinski definition) is 2. The zero-order valence-electron chi connectivity index (χ0n) is 14.8. The Balaban J connectivity index is 1.90. The van der Waals surface area contributed by atoms with Crippen LogP contribution < -0.4 is 19.7 Å². The van der Waals surface area contributed by atoms with Crippen molar-refractivity contribution in [1.82, 2.24) is 0 Å². The highest BCUT2D eigenvalue weighted by Crippen LogP contribution is 2.57. The second-order valence-electron chi connectivity index (χ2n) is 6.03. The average molecular weight is 371 g/mol. The van der Waals surface area contributed by atoms with Gasteiger partial charge in [-0.3, -0.25) is 9.05 Å². The van der Waals surface area contributed by atoms with Crippen LogP contribution in [0.4, 0.5) is 0 Å². The van der Waals surface area contributed by atoms with Crippen LogP contribution >= 0.6 is 7.72 Å². The predicted octanol–water partition coefficient (Wildman–Crippen LogP) is 5.64. The van der Waals surface area contributed by atoms with E-state index in [1.54, 1.807) is 0 Å². The molecule has 0 amide bonds. The molecule has 0 N–H and O–H groups in total. The van der Waals surface area contributed by atoms with Crippen LogP contribution in [0.15, 0.2) is 121 Å². The van der Waals surface area contributed by atoms with Gasteiger partial charge in [0.1, 0.15) is 0 Å². The van der Waals surface area contributed by atoms with Gasteiger partial charge in [0.05, 0.1) is 0 Å². The van der Waals surface area contributed by atoms with Crippen LogP contribution in [0.2, 0.25) is 0 Å². The summed E-state index contributed by atoms with van der Waals surface area (Å²) in [5.74, 6) is 1.57. The van der Waals surface area contributed by atoms with E-state index in [2.05, 4.69) is 24.3 Å². The van der Waals surface area contributed by atoms with Crippen molar-refractivity contribution in [3.63, 3.8) is 0 Å². The first-order valence-electron chi connectivity index (χ1n) is 8.86. The maximum atomic E-state index is 6.67. The van der Waals surface area contributed by atoms with Crippen LogP contribution in [0.5, 0.6) is 11.5 Å². The molecule has 0 aromatic heterocycles. The van der Waals surface area contributed by atoms with E-state index in [1.807, 2.05) is 97.1 Å². The zero-order valence-corrected chi connectivity index (χ0v) is 15.7. The molecule has 0 aliphatic heterocycles.